The Labute approximate surface area is 160 Å². The Morgan fingerprint density at radius 2 is 1.59 bits per heavy atom. The van der Waals surface area contributed by atoms with E-state index in [4.69, 9.17) is 4.42 Å². The number of aryl methyl sites for hydroxylation is 3. The fourth-order valence-corrected chi connectivity index (χ4v) is 3.91. The molecule has 0 atom stereocenters. The van der Waals surface area contributed by atoms with Crippen LogP contribution < -0.4 is 0 Å². The molecule has 0 radical (unpaired) electrons. The lowest BCUT2D eigenvalue weighted by Gasteiger charge is -2.17. The summed E-state index contributed by atoms with van der Waals surface area (Å²) in [7, 11) is 0. The molecule has 0 fully saturated rings. The molecule has 2 heterocycles. The second-order valence-electron chi connectivity index (χ2n) is 8.88. The topological polar surface area (TPSA) is 38.9 Å². The highest BCUT2D eigenvalue weighted by molar-refractivity contribution is 6.09. The normalized spacial score (nSPS) is 12.2. The van der Waals surface area contributed by atoms with E-state index in [-0.39, 0.29) is 5.41 Å². The van der Waals surface area contributed by atoms with Gasteiger partial charge in [0.25, 0.3) is 0 Å². The lowest BCUT2D eigenvalue weighted by molar-refractivity contribution is 0.411. The highest BCUT2D eigenvalue weighted by Crippen LogP contribution is 2.37. The van der Waals surface area contributed by atoms with Crippen molar-refractivity contribution in [1.29, 1.82) is 0 Å². The van der Waals surface area contributed by atoms with E-state index in [1.807, 2.05) is 6.92 Å². The average Bonchev–Trinajstić information content (AvgIpc) is 2.91. The Balaban J connectivity index is 1.97. The van der Waals surface area contributed by atoms with Crippen molar-refractivity contribution in [3.63, 3.8) is 0 Å². The molecule has 3 nitrogen and oxygen atoms in total. The van der Waals surface area contributed by atoms with Crippen LogP contribution in [0.5, 0.6) is 0 Å². The molecule has 0 saturated carbocycles. The maximum Gasteiger partial charge on any atom is 0.165 e. The number of aromatic nitrogens is 2. The summed E-state index contributed by atoms with van der Waals surface area (Å²) in [5.74, 6) is 0. The fourth-order valence-electron chi connectivity index (χ4n) is 3.91. The van der Waals surface area contributed by atoms with Crippen LogP contribution in [0.25, 0.3) is 33.2 Å². The smallest absolute Gasteiger partial charge is 0.165 e. The lowest BCUT2D eigenvalue weighted by Crippen LogP contribution is -2.08. The zero-order valence-corrected chi connectivity index (χ0v) is 17.0. The van der Waals surface area contributed by atoms with Crippen molar-refractivity contribution in [1.82, 2.24) is 10.2 Å². The average molecular weight is 358 g/mol. The van der Waals surface area contributed by atoms with Gasteiger partial charge in [-0.2, -0.15) is 5.10 Å². The highest BCUT2D eigenvalue weighted by atomic mass is 16.3. The van der Waals surface area contributed by atoms with Crippen LogP contribution in [0.3, 0.4) is 0 Å². The number of benzene rings is 2. The Bertz CT molecular complexity index is 1140. The van der Waals surface area contributed by atoms with E-state index in [0.29, 0.717) is 0 Å². The Hall–Kier alpha value is -2.68. The zero-order chi connectivity index (χ0) is 19.3. The van der Waals surface area contributed by atoms with Crippen LogP contribution in [0.2, 0.25) is 0 Å². The third-order valence-corrected chi connectivity index (χ3v) is 4.86. The largest absolute Gasteiger partial charge is 0.454 e. The molecule has 0 saturated heterocycles. The molecule has 4 aromatic rings. The monoisotopic (exact) mass is 358 g/mol. The zero-order valence-electron chi connectivity index (χ0n) is 17.0. The number of rotatable bonds is 2. The molecule has 0 N–H and O–H groups in total. The summed E-state index contributed by atoms with van der Waals surface area (Å²) in [5.41, 5.74) is 8.47. The van der Waals surface area contributed by atoms with Gasteiger partial charge >= 0.3 is 0 Å². The van der Waals surface area contributed by atoms with Gasteiger partial charge in [0.1, 0.15) is 11.3 Å². The van der Waals surface area contributed by atoms with Crippen LogP contribution in [0.4, 0.5) is 0 Å². The number of nitrogens with zero attached hydrogens (tertiary/aromatic N) is 2. The SMILES string of the molecule is Cc1cc(C)cc(-c2nnc(C)c3c2oc2cc(CC(C)(C)C)ccc23)c1. The van der Waals surface area contributed by atoms with E-state index in [2.05, 4.69) is 81.2 Å². The third-order valence-electron chi connectivity index (χ3n) is 4.86. The maximum absolute atomic E-state index is 6.35. The fraction of sp³-hybridized carbons (Fsp3) is 0.333. The van der Waals surface area contributed by atoms with Crippen molar-refractivity contribution in [2.75, 3.05) is 0 Å². The molecule has 0 aliphatic rings. The van der Waals surface area contributed by atoms with Crippen molar-refractivity contribution in [3.8, 4) is 11.3 Å². The first-order valence-corrected chi connectivity index (χ1v) is 9.48. The minimum atomic E-state index is 0.239. The second kappa shape index (κ2) is 6.19. The molecular formula is C24H26N2O. The molecule has 0 bridgehead atoms. The van der Waals surface area contributed by atoms with Gasteiger partial charge in [-0.3, -0.25) is 0 Å². The summed E-state index contributed by atoms with van der Waals surface area (Å²) in [5, 5.41) is 11.1. The first-order valence-electron chi connectivity index (χ1n) is 9.48. The number of hydrogen-bond donors (Lipinski definition) is 0. The van der Waals surface area contributed by atoms with Crippen LogP contribution >= 0.6 is 0 Å². The van der Waals surface area contributed by atoms with Crippen LogP contribution in [-0.4, -0.2) is 10.2 Å². The minimum absolute atomic E-state index is 0.239. The molecule has 0 amide bonds. The van der Waals surface area contributed by atoms with E-state index in [9.17, 15) is 0 Å². The summed E-state index contributed by atoms with van der Waals surface area (Å²) in [4.78, 5) is 0. The Kier molecular flexibility index (Phi) is 4.06. The molecule has 0 spiro atoms. The van der Waals surface area contributed by atoms with E-state index in [1.54, 1.807) is 0 Å². The van der Waals surface area contributed by atoms with Gasteiger partial charge in [-0.05, 0) is 56.4 Å². The molecule has 0 aliphatic carbocycles. The number of hydrogen-bond acceptors (Lipinski definition) is 3. The van der Waals surface area contributed by atoms with Crippen LogP contribution in [-0.2, 0) is 6.42 Å². The highest BCUT2D eigenvalue weighted by Gasteiger charge is 2.19. The minimum Gasteiger partial charge on any atom is -0.454 e. The predicted molar refractivity (Wildman–Crippen MR) is 112 cm³/mol. The summed E-state index contributed by atoms with van der Waals surface area (Å²) in [6, 6.07) is 13.0. The molecule has 27 heavy (non-hydrogen) atoms. The van der Waals surface area contributed by atoms with Gasteiger partial charge < -0.3 is 4.42 Å². The molecule has 2 aromatic carbocycles. The standard InChI is InChI=1S/C24H26N2O/c1-14-9-15(2)11-18(10-14)22-23-21(16(3)25-26-22)19-8-7-17(12-20(19)27-23)13-24(4,5)6/h7-12H,13H2,1-6H3. The van der Waals surface area contributed by atoms with Crippen LogP contribution in [0.1, 0.15) is 43.2 Å². The van der Waals surface area contributed by atoms with Gasteiger partial charge in [-0.1, -0.05) is 50.1 Å². The number of furan rings is 1. The summed E-state index contributed by atoms with van der Waals surface area (Å²) < 4.78 is 6.35. The Morgan fingerprint density at radius 1 is 0.889 bits per heavy atom. The number of fused-ring (bicyclic) bond motifs is 3. The van der Waals surface area contributed by atoms with Gasteiger partial charge in [0.05, 0.1) is 11.1 Å². The van der Waals surface area contributed by atoms with E-state index in [0.717, 1.165) is 45.3 Å². The molecule has 3 heteroatoms. The summed E-state index contributed by atoms with van der Waals surface area (Å²) in [6.45, 7) is 13.0. The molecule has 0 aliphatic heterocycles. The molecule has 138 valence electrons. The molecule has 0 unspecified atom stereocenters. The van der Waals surface area contributed by atoms with E-state index >= 15 is 0 Å². The van der Waals surface area contributed by atoms with Gasteiger partial charge in [-0.15, -0.1) is 5.10 Å². The quantitative estimate of drug-likeness (QED) is 0.407. The van der Waals surface area contributed by atoms with Gasteiger partial charge in [0, 0.05) is 10.9 Å². The summed E-state index contributed by atoms with van der Waals surface area (Å²) in [6.07, 6.45) is 1.01. The second-order valence-corrected chi connectivity index (χ2v) is 8.88. The first-order chi connectivity index (χ1) is 12.7. The molecule has 4 rings (SSSR count). The van der Waals surface area contributed by atoms with E-state index in [1.165, 1.54) is 16.7 Å². The molecule has 2 aromatic heterocycles. The first kappa shape index (κ1) is 17.7. The summed E-state index contributed by atoms with van der Waals surface area (Å²) >= 11 is 0. The lowest BCUT2D eigenvalue weighted by atomic mass is 9.88. The van der Waals surface area contributed by atoms with Gasteiger partial charge in [0.2, 0.25) is 0 Å². The van der Waals surface area contributed by atoms with Gasteiger partial charge in [0.15, 0.2) is 5.58 Å². The van der Waals surface area contributed by atoms with Gasteiger partial charge in [-0.25, -0.2) is 0 Å². The molecular weight excluding hydrogens is 332 g/mol. The maximum atomic E-state index is 6.35. The van der Waals surface area contributed by atoms with Crippen molar-refractivity contribution < 1.29 is 4.42 Å². The predicted octanol–water partition coefficient (Wildman–Crippen LogP) is 6.56. The van der Waals surface area contributed by atoms with Crippen molar-refractivity contribution in [2.24, 2.45) is 5.41 Å². The van der Waals surface area contributed by atoms with Crippen LogP contribution in [0, 0.1) is 26.2 Å². The van der Waals surface area contributed by atoms with Crippen molar-refractivity contribution >= 4 is 21.9 Å². The Morgan fingerprint density at radius 3 is 2.26 bits per heavy atom. The van der Waals surface area contributed by atoms with Crippen LogP contribution in [0.15, 0.2) is 40.8 Å². The van der Waals surface area contributed by atoms with E-state index < -0.39 is 0 Å². The van der Waals surface area contributed by atoms with Crippen molar-refractivity contribution in [2.45, 2.75) is 48.0 Å². The third kappa shape index (κ3) is 3.34. The van der Waals surface area contributed by atoms with Crippen molar-refractivity contribution in [3.05, 3.63) is 58.8 Å².